The molecule has 0 aliphatic carbocycles. The summed E-state index contributed by atoms with van der Waals surface area (Å²) in [6.07, 6.45) is 3.84. The lowest BCUT2D eigenvalue weighted by Gasteiger charge is -2.08. The Labute approximate surface area is 128 Å². The molecule has 0 spiro atoms. The maximum absolute atomic E-state index is 5.46. The Hall–Kier alpha value is -2.35. The molecule has 0 aliphatic heterocycles. The van der Waals surface area contributed by atoms with E-state index in [9.17, 15) is 0 Å². The zero-order valence-electron chi connectivity index (χ0n) is 11.5. The molecular weight excluding hydrogens is 278 g/mol. The molecule has 0 aliphatic rings. The fraction of sp³-hybridized carbons (Fsp3) is 0.118. The number of aromatic nitrogens is 2. The average Bonchev–Trinajstić information content (AvgIpc) is 3.17. The minimum Gasteiger partial charge on any atom is -0.326 e. The third-order valence-corrected chi connectivity index (χ3v) is 4.01. The van der Waals surface area contributed by atoms with Gasteiger partial charge in [-0.15, -0.1) is 11.3 Å². The van der Waals surface area contributed by atoms with E-state index in [0.717, 1.165) is 17.9 Å². The van der Waals surface area contributed by atoms with Crippen molar-refractivity contribution in [3.63, 3.8) is 0 Å². The van der Waals surface area contributed by atoms with E-state index in [1.165, 1.54) is 10.4 Å². The summed E-state index contributed by atoms with van der Waals surface area (Å²) in [7, 11) is 0. The minimum absolute atomic E-state index is 0.375. The molecule has 0 bridgehead atoms. The molecule has 104 valence electrons. The van der Waals surface area contributed by atoms with Crippen LogP contribution in [0.1, 0.15) is 11.1 Å². The van der Waals surface area contributed by atoms with Crippen molar-refractivity contribution >= 4 is 11.3 Å². The lowest BCUT2D eigenvalue weighted by Crippen LogP contribution is -2.02. The van der Waals surface area contributed by atoms with E-state index in [1.807, 2.05) is 36.7 Å². The maximum atomic E-state index is 5.46. The number of nitrogens with two attached hydrogens (primary N) is 1. The van der Waals surface area contributed by atoms with E-state index in [1.54, 1.807) is 11.3 Å². The zero-order valence-corrected chi connectivity index (χ0v) is 12.3. The van der Waals surface area contributed by atoms with E-state index in [4.69, 9.17) is 5.73 Å². The second-order valence-corrected chi connectivity index (χ2v) is 5.47. The van der Waals surface area contributed by atoms with Crippen LogP contribution < -0.4 is 5.73 Å². The first-order chi connectivity index (χ1) is 10.4. The van der Waals surface area contributed by atoms with Gasteiger partial charge < -0.3 is 10.3 Å². The summed E-state index contributed by atoms with van der Waals surface area (Å²) in [6.45, 7) is 1.13. The van der Waals surface area contributed by atoms with E-state index < -0.39 is 0 Å². The van der Waals surface area contributed by atoms with Gasteiger partial charge in [0.1, 0.15) is 5.82 Å². The molecule has 4 heteroatoms. The van der Waals surface area contributed by atoms with Gasteiger partial charge in [-0.3, -0.25) is 0 Å². The molecule has 0 amide bonds. The molecule has 0 saturated carbocycles. The van der Waals surface area contributed by atoms with Crippen molar-refractivity contribution in [2.45, 2.75) is 6.54 Å². The Balaban J connectivity index is 1.94. The van der Waals surface area contributed by atoms with Crippen LogP contribution in [-0.4, -0.2) is 16.1 Å². The van der Waals surface area contributed by atoms with Crippen molar-refractivity contribution in [1.82, 2.24) is 9.55 Å². The van der Waals surface area contributed by atoms with Crippen LogP contribution in [0.2, 0.25) is 0 Å². The summed E-state index contributed by atoms with van der Waals surface area (Å²) in [6, 6.07) is 12.3. The Morgan fingerprint density at radius 3 is 2.90 bits per heavy atom. The fourth-order valence-electron chi connectivity index (χ4n) is 2.18. The topological polar surface area (TPSA) is 43.8 Å². The Morgan fingerprint density at radius 1 is 1.19 bits per heavy atom. The van der Waals surface area contributed by atoms with Crippen molar-refractivity contribution in [3.8, 4) is 22.5 Å². The molecule has 2 heterocycles. The van der Waals surface area contributed by atoms with E-state index >= 15 is 0 Å². The molecule has 2 aromatic heterocycles. The number of thiophene rings is 1. The van der Waals surface area contributed by atoms with Gasteiger partial charge in [0.25, 0.3) is 0 Å². The van der Waals surface area contributed by atoms with Crippen molar-refractivity contribution in [2.75, 3.05) is 6.54 Å². The molecule has 21 heavy (non-hydrogen) atoms. The summed E-state index contributed by atoms with van der Waals surface area (Å²) in [5.74, 6) is 7.05. The maximum Gasteiger partial charge on any atom is 0.150 e. The van der Waals surface area contributed by atoms with Crippen LogP contribution in [0.3, 0.4) is 0 Å². The lowest BCUT2D eigenvalue weighted by atomic mass is 10.1. The number of rotatable bonds is 3. The number of nitrogens with zero attached hydrogens (tertiary/aromatic N) is 2. The van der Waals surface area contributed by atoms with E-state index in [-0.39, 0.29) is 0 Å². The van der Waals surface area contributed by atoms with Gasteiger partial charge in [0.15, 0.2) is 0 Å². The van der Waals surface area contributed by atoms with Crippen molar-refractivity contribution in [3.05, 3.63) is 65.3 Å². The first kappa shape index (κ1) is 13.6. The molecule has 3 rings (SSSR count). The van der Waals surface area contributed by atoms with Gasteiger partial charge in [0.05, 0.1) is 18.0 Å². The molecule has 3 aromatic rings. The second kappa shape index (κ2) is 6.40. The highest BCUT2D eigenvalue weighted by atomic mass is 32.1. The normalized spacial score (nSPS) is 10.1. The number of benzene rings is 1. The Bertz CT molecular complexity index is 776. The molecule has 0 atom stereocenters. The highest BCUT2D eigenvalue weighted by Crippen LogP contribution is 2.24. The summed E-state index contributed by atoms with van der Waals surface area (Å²) in [5.41, 5.74) is 7.66. The minimum atomic E-state index is 0.375. The first-order valence-electron chi connectivity index (χ1n) is 6.70. The molecule has 0 radical (unpaired) electrons. The Morgan fingerprint density at radius 2 is 2.10 bits per heavy atom. The first-order valence-corrected chi connectivity index (χ1v) is 7.58. The molecule has 1 aromatic carbocycles. The summed E-state index contributed by atoms with van der Waals surface area (Å²) in [5, 5.41) is 2.06. The van der Waals surface area contributed by atoms with Crippen molar-refractivity contribution < 1.29 is 0 Å². The third kappa shape index (κ3) is 3.05. The largest absolute Gasteiger partial charge is 0.326 e. The summed E-state index contributed by atoms with van der Waals surface area (Å²) < 4.78 is 2.15. The zero-order chi connectivity index (χ0) is 14.5. The standard InChI is InChI=1S/C17H15N3S/c18-9-3-7-14-5-1-2-6-15(14)13-20-11-10-19-17(20)16-8-4-12-21-16/h1-2,4-6,8,10-12H,9,13,18H2. The lowest BCUT2D eigenvalue weighted by molar-refractivity contribution is 0.807. The average molecular weight is 293 g/mol. The number of imidazole rings is 1. The highest BCUT2D eigenvalue weighted by Gasteiger charge is 2.08. The monoisotopic (exact) mass is 293 g/mol. The molecule has 0 saturated heterocycles. The van der Waals surface area contributed by atoms with Gasteiger partial charge in [0.2, 0.25) is 0 Å². The van der Waals surface area contributed by atoms with Crippen LogP contribution >= 0.6 is 11.3 Å². The van der Waals surface area contributed by atoms with Crippen LogP contribution in [0.4, 0.5) is 0 Å². The van der Waals surface area contributed by atoms with Crippen molar-refractivity contribution in [2.24, 2.45) is 5.73 Å². The SMILES string of the molecule is NCC#Cc1ccccc1Cn1ccnc1-c1cccs1. The second-order valence-electron chi connectivity index (χ2n) is 4.52. The van der Waals surface area contributed by atoms with Crippen LogP contribution in [0, 0.1) is 11.8 Å². The van der Waals surface area contributed by atoms with Crippen LogP contribution in [0.15, 0.2) is 54.2 Å². The number of hydrogen-bond donors (Lipinski definition) is 1. The number of hydrogen-bond acceptors (Lipinski definition) is 3. The molecule has 3 nitrogen and oxygen atoms in total. The van der Waals surface area contributed by atoms with Gasteiger partial charge >= 0.3 is 0 Å². The van der Waals surface area contributed by atoms with E-state index in [0.29, 0.717) is 6.54 Å². The van der Waals surface area contributed by atoms with Gasteiger partial charge in [-0.2, -0.15) is 0 Å². The van der Waals surface area contributed by atoms with Crippen molar-refractivity contribution in [1.29, 1.82) is 0 Å². The summed E-state index contributed by atoms with van der Waals surface area (Å²) >= 11 is 1.70. The quantitative estimate of drug-likeness (QED) is 0.755. The molecule has 2 N–H and O–H groups in total. The Kier molecular flexibility index (Phi) is 4.15. The third-order valence-electron chi connectivity index (χ3n) is 3.14. The predicted molar refractivity (Wildman–Crippen MR) is 87.0 cm³/mol. The molecule has 0 fully saturated rings. The van der Waals surface area contributed by atoms with E-state index in [2.05, 4.69) is 38.9 Å². The summed E-state index contributed by atoms with van der Waals surface area (Å²) in [4.78, 5) is 5.64. The molecule has 0 unspecified atom stereocenters. The van der Waals surface area contributed by atoms with Crippen LogP contribution in [0.25, 0.3) is 10.7 Å². The fourth-order valence-corrected chi connectivity index (χ4v) is 2.91. The smallest absolute Gasteiger partial charge is 0.150 e. The van der Waals surface area contributed by atoms with Gasteiger partial charge in [-0.25, -0.2) is 4.98 Å². The van der Waals surface area contributed by atoms with Crippen LogP contribution in [-0.2, 0) is 6.54 Å². The van der Waals surface area contributed by atoms with Crippen LogP contribution in [0.5, 0.6) is 0 Å². The predicted octanol–water partition coefficient (Wildman–Crippen LogP) is 2.97. The highest BCUT2D eigenvalue weighted by molar-refractivity contribution is 7.13. The van der Waals surface area contributed by atoms with Gasteiger partial charge in [-0.05, 0) is 23.1 Å². The molecular formula is C17H15N3S. The van der Waals surface area contributed by atoms with Gasteiger partial charge in [0, 0.05) is 18.0 Å². The van der Waals surface area contributed by atoms with Gasteiger partial charge in [-0.1, -0.05) is 36.1 Å².